The summed E-state index contributed by atoms with van der Waals surface area (Å²) in [6.07, 6.45) is 9.13. The number of Topliss-reactive ketones (excluding diaryl/α,β-unsaturated/α-hetero) is 1. The highest BCUT2D eigenvalue weighted by Gasteiger charge is 2.21. The lowest BCUT2D eigenvalue weighted by atomic mass is 9.90. The van der Waals surface area contributed by atoms with Gasteiger partial charge in [0, 0.05) is 5.56 Å². The third kappa shape index (κ3) is 9.20. The van der Waals surface area contributed by atoms with Crippen LogP contribution in [0.1, 0.15) is 72.5 Å². The van der Waals surface area contributed by atoms with Gasteiger partial charge in [0.15, 0.2) is 5.78 Å². The van der Waals surface area contributed by atoms with Crippen LogP contribution < -0.4 is 10.1 Å². The SMILES string of the molecule is CSCC[C@H](NC(=O)c1ccc(COCc2cccc(OCC3CCCCC3)c2)cc1-c1ccccc1C)C(C)=O. The Kier molecular flexibility index (Phi) is 11.9. The van der Waals surface area contributed by atoms with E-state index in [2.05, 4.69) is 17.4 Å². The first-order valence-electron chi connectivity index (χ1n) is 14.7. The fourth-order valence-electron chi connectivity index (χ4n) is 5.41. The van der Waals surface area contributed by atoms with Crippen molar-refractivity contribution in [3.63, 3.8) is 0 Å². The zero-order valence-corrected chi connectivity index (χ0v) is 25.4. The molecule has 1 amide bonds. The average molecular weight is 574 g/mol. The second kappa shape index (κ2) is 15.8. The van der Waals surface area contributed by atoms with E-state index in [1.807, 2.05) is 67.8 Å². The number of aryl methyl sites for hydroxylation is 1. The lowest BCUT2D eigenvalue weighted by Crippen LogP contribution is -2.40. The smallest absolute Gasteiger partial charge is 0.252 e. The minimum absolute atomic E-state index is 0.0293. The second-order valence-electron chi connectivity index (χ2n) is 11.1. The number of ketones is 1. The maximum absolute atomic E-state index is 13.4. The standard InChI is InChI=1S/C35H43NO4S/c1-25-10-7-8-15-31(25)33-21-29(16-17-32(33)35(38)36-34(26(2)37)18-19-41-3)23-39-22-28-13-9-14-30(20-28)40-24-27-11-5-4-6-12-27/h7-10,13-17,20-21,27,34H,4-6,11-12,18-19,22-24H2,1-3H3,(H,36,38)/t34-/m0/s1. The van der Waals surface area contributed by atoms with E-state index in [-0.39, 0.29) is 11.7 Å². The van der Waals surface area contributed by atoms with Crippen LogP contribution in [0.25, 0.3) is 11.1 Å². The molecule has 1 aliphatic rings. The summed E-state index contributed by atoms with van der Waals surface area (Å²) in [7, 11) is 0. The van der Waals surface area contributed by atoms with Gasteiger partial charge in [-0.3, -0.25) is 9.59 Å². The number of nitrogens with one attached hydrogen (secondary N) is 1. The molecule has 0 heterocycles. The van der Waals surface area contributed by atoms with Gasteiger partial charge in [-0.25, -0.2) is 0 Å². The molecule has 0 bridgehead atoms. The number of rotatable bonds is 14. The first-order valence-corrected chi connectivity index (χ1v) is 16.1. The van der Waals surface area contributed by atoms with Gasteiger partial charge in [-0.05, 0) is 103 Å². The number of ether oxygens (including phenoxy) is 2. The van der Waals surface area contributed by atoms with E-state index >= 15 is 0 Å². The van der Waals surface area contributed by atoms with Crippen molar-refractivity contribution in [3.05, 3.63) is 89.0 Å². The summed E-state index contributed by atoms with van der Waals surface area (Å²) in [5.74, 6) is 2.11. The molecule has 0 spiro atoms. The van der Waals surface area contributed by atoms with Crippen molar-refractivity contribution in [2.24, 2.45) is 5.92 Å². The Morgan fingerprint density at radius 3 is 2.41 bits per heavy atom. The Balaban J connectivity index is 1.44. The van der Waals surface area contributed by atoms with Crippen LogP contribution in [0.2, 0.25) is 0 Å². The monoisotopic (exact) mass is 573 g/mol. The molecule has 0 saturated heterocycles. The third-order valence-electron chi connectivity index (χ3n) is 7.82. The molecule has 0 radical (unpaired) electrons. The number of benzene rings is 3. The molecule has 0 unspecified atom stereocenters. The second-order valence-corrected chi connectivity index (χ2v) is 12.1. The van der Waals surface area contributed by atoms with Crippen LogP contribution >= 0.6 is 11.8 Å². The Morgan fingerprint density at radius 2 is 1.68 bits per heavy atom. The first-order chi connectivity index (χ1) is 19.9. The molecule has 3 aromatic rings. The van der Waals surface area contributed by atoms with E-state index in [4.69, 9.17) is 9.47 Å². The van der Waals surface area contributed by atoms with Crippen molar-refractivity contribution >= 4 is 23.5 Å². The molecule has 4 rings (SSSR count). The molecule has 5 nitrogen and oxygen atoms in total. The summed E-state index contributed by atoms with van der Waals surface area (Å²) in [5, 5.41) is 2.97. The normalized spacial score (nSPS) is 14.4. The lowest BCUT2D eigenvalue weighted by molar-refractivity contribution is -0.118. The molecule has 3 aromatic carbocycles. The number of hydrogen-bond acceptors (Lipinski definition) is 5. The number of thioether (sulfide) groups is 1. The van der Waals surface area contributed by atoms with Crippen molar-refractivity contribution in [2.75, 3.05) is 18.6 Å². The largest absolute Gasteiger partial charge is 0.493 e. The Labute approximate surface area is 249 Å². The van der Waals surface area contributed by atoms with Crippen LogP contribution in [0.4, 0.5) is 0 Å². The van der Waals surface area contributed by atoms with Gasteiger partial charge in [-0.2, -0.15) is 11.8 Å². The molecule has 41 heavy (non-hydrogen) atoms. The van der Waals surface area contributed by atoms with Crippen LogP contribution in [0.5, 0.6) is 5.75 Å². The molecule has 6 heteroatoms. The maximum atomic E-state index is 13.4. The molecule has 1 aliphatic carbocycles. The van der Waals surface area contributed by atoms with Crippen molar-refractivity contribution in [1.82, 2.24) is 5.32 Å². The van der Waals surface area contributed by atoms with Gasteiger partial charge < -0.3 is 14.8 Å². The summed E-state index contributed by atoms with van der Waals surface area (Å²) < 4.78 is 12.2. The Hall–Kier alpha value is -3.09. The summed E-state index contributed by atoms with van der Waals surface area (Å²) in [4.78, 5) is 25.6. The predicted molar refractivity (Wildman–Crippen MR) is 169 cm³/mol. The van der Waals surface area contributed by atoms with Gasteiger partial charge in [-0.15, -0.1) is 0 Å². The Bertz CT molecular complexity index is 1300. The van der Waals surface area contributed by atoms with Crippen molar-refractivity contribution in [1.29, 1.82) is 0 Å². The molecule has 0 aliphatic heterocycles. The molecule has 1 saturated carbocycles. The highest BCUT2D eigenvalue weighted by Crippen LogP contribution is 2.29. The third-order valence-corrected chi connectivity index (χ3v) is 8.46. The summed E-state index contributed by atoms with van der Waals surface area (Å²) >= 11 is 1.66. The van der Waals surface area contributed by atoms with Crippen molar-refractivity contribution in [2.45, 2.75) is 71.6 Å². The zero-order valence-electron chi connectivity index (χ0n) is 24.6. The van der Waals surface area contributed by atoms with Crippen LogP contribution in [-0.4, -0.2) is 36.3 Å². The highest BCUT2D eigenvalue weighted by molar-refractivity contribution is 7.98. The topological polar surface area (TPSA) is 64.6 Å². The lowest BCUT2D eigenvalue weighted by Gasteiger charge is -2.21. The minimum Gasteiger partial charge on any atom is -0.493 e. The molecule has 1 fully saturated rings. The maximum Gasteiger partial charge on any atom is 0.252 e. The van der Waals surface area contributed by atoms with Gasteiger partial charge >= 0.3 is 0 Å². The number of carbonyl (C=O) groups is 2. The van der Waals surface area contributed by atoms with E-state index in [1.54, 1.807) is 11.8 Å². The van der Waals surface area contributed by atoms with Crippen molar-refractivity contribution in [3.8, 4) is 16.9 Å². The fourth-order valence-corrected chi connectivity index (χ4v) is 5.88. The van der Waals surface area contributed by atoms with Crippen LogP contribution in [0.3, 0.4) is 0 Å². The molecule has 1 N–H and O–H groups in total. The number of amides is 1. The van der Waals surface area contributed by atoms with Crippen LogP contribution in [0, 0.1) is 12.8 Å². The minimum atomic E-state index is -0.495. The van der Waals surface area contributed by atoms with Crippen LogP contribution in [0.15, 0.2) is 66.7 Å². The number of carbonyl (C=O) groups excluding carboxylic acids is 2. The van der Waals surface area contributed by atoms with Gasteiger partial charge in [-0.1, -0.05) is 61.7 Å². The molecular formula is C35H43NO4S. The quantitative estimate of drug-likeness (QED) is 0.213. The summed E-state index contributed by atoms with van der Waals surface area (Å²) in [5.41, 5.74) is 5.52. The van der Waals surface area contributed by atoms with E-state index in [0.717, 1.165) is 45.9 Å². The number of hydrogen-bond donors (Lipinski definition) is 1. The molecule has 1 atom stereocenters. The average Bonchev–Trinajstić information content (AvgIpc) is 2.99. The highest BCUT2D eigenvalue weighted by atomic mass is 32.2. The molecule has 218 valence electrons. The van der Waals surface area contributed by atoms with Crippen molar-refractivity contribution < 1.29 is 19.1 Å². The molecule has 0 aromatic heterocycles. The predicted octanol–water partition coefficient (Wildman–Crippen LogP) is 7.78. The summed E-state index contributed by atoms with van der Waals surface area (Å²) in [6, 6.07) is 21.5. The van der Waals surface area contributed by atoms with Gasteiger partial charge in [0.2, 0.25) is 0 Å². The zero-order chi connectivity index (χ0) is 29.0. The fraction of sp³-hybridized carbons (Fsp3) is 0.429. The van der Waals surface area contributed by atoms with E-state index in [9.17, 15) is 9.59 Å². The van der Waals surface area contributed by atoms with Crippen LogP contribution in [-0.2, 0) is 22.7 Å². The first kappa shape index (κ1) is 30.9. The van der Waals surface area contributed by atoms with E-state index in [0.29, 0.717) is 31.1 Å². The van der Waals surface area contributed by atoms with E-state index in [1.165, 1.54) is 39.0 Å². The van der Waals surface area contributed by atoms with Gasteiger partial charge in [0.1, 0.15) is 5.75 Å². The van der Waals surface area contributed by atoms with E-state index < -0.39 is 6.04 Å². The van der Waals surface area contributed by atoms with Gasteiger partial charge in [0.05, 0.1) is 25.9 Å². The summed E-state index contributed by atoms with van der Waals surface area (Å²) in [6.45, 7) is 5.25. The Morgan fingerprint density at radius 1 is 0.927 bits per heavy atom. The van der Waals surface area contributed by atoms with Gasteiger partial charge in [0.25, 0.3) is 5.91 Å². The molecular weight excluding hydrogens is 530 g/mol.